The molecule has 5 fully saturated rings. The van der Waals surface area contributed by atoms with Crippen molar-refractivity contribution < 1.29 is 19.4 Å². The number of hydrogen-bond acceptors (Lipinski definition) is 4. The number of rotatable bonds is 1. The Bertz CT molecular complexity index is 659. The maximum Gasteiger partial charge on any atom is 0.163 e. The standard InChI is InChI=1S/C24H38O4/c1-22(2)27-13-20(28-22)18-8-7-17-16-6-5-14-11-15(25)9-10-23(14,3)21(16)19(26)12-24(17,18)4/h14-18,20-21,25H,5-13H2,1-4H3/t14-,15-,16+,17-,18+,20-,21-,23+,24+/m1/s1. The van der Waals surface area contributed by atoms with Gasteiger partial charge in [0, 0.05) is 12.3 Å². The second-order valence-electron chi connectivity index (χ2n) is 11.7. The fourth-order valence-corrected chi connectivity index (χ4v) is 8.61. The summed E-state index contributed by atoms with van der Waals surface area (Å²) in [4.78, 5) is 13.7. The van der Waals surface area contributed by atoms with Crippen molar-refractivity contribution in [2.75, 3.05) is 6.61 Å². The first-order chi connectivity index (χ1) is 13.1. The van der Waals surface area contributed by atoms with E-state index in [0.29, 0.717) is 42.5 Å². The number of hydrogen-bond donors (Lipinski definition) is 1. The third-order valence-corrected chi connectivity index (χ3v) is 9.87. The van der Waals surface area contributed by atoms with Crippen molar-refractivity contribution in [2.45, 2.75) is 97.1 Å². The molecule has 1 aliphatic heterocycles. The molecule has 4 aliphatic carbocycles. The molecule has 1 heterocycles. The molecular weight excluding hydrogens is 352 g/mol. The van der Waals surface area contributed by atoms with Crippen molar-refractivity contribution in [3.8, 4) is 0 Å². The second kappa shape index (κ2) is 6.28. The van der Waals surface area contributed by atoms with E-state index in [9.17, 15) is 9.90 Å². The number of aliphatic hydroxyl groups excluding tert-OH is 1. The zero-order valence-corrected chi connectivity index (χ0v) is 18.1. The van der Waals surface area contributed by atoms with Crippen LogP contribution in [-0.4, -0.2) is 35.5 Å². The molecule has 0 aromatic heterocycles. The van der Waals surface area contributed by atoms with E-state index in [1.54, 1.807) is 0 Å². The molecular formula is C24H38O4. The van der Waals surface area contributed by atoms with Gasteiger partial charge in [0.05, 0.1) is 18.8 Å². The lowest BCUT2D eigenvalue weighted by molar-refractivity contribution is -0.170. The van der Waals surface area contributed by atoms with Crippen LogP contribution in [0.5, 0.6) is 0 Å². The third-order valence-electron chi connectivity index (χ3n) is 9.87. The second-order valence-corrected chi connectivity index (χ2v) is 11.7. The fraction of sp³-hybridized carbons (Fsp3) is 0.958. The SMILES string of the molecule is CC1(C)OC[C@H]([C@@H]2CC[C@@H]3[C@@H]4CC[C@@H]5C[C@H](O)CC[C@]5(C)[C@H]4C(=O)C[C@@]32C)O1. The van der Waals surface area contributed by atoms with E-state index in [4.69, 9.17) is 9.47 Å². The Hall–Kier alpha value is -0.450. The molecule has 1 N–H and O–H groups in total. The summed E-state index contributed by atoms with van der Waals surface area (Å²) in [6.07, 6.45) is 8.25. The summed E-state index contributed by atoms with van der Waals surface area (Å²) in [5.74, 6) is 2.36. The maximum absolute atomic E-state index is 13.7. The molecule has 158 valence electrons. The molecule has 5 rings (SSSR count). The maximum atomic E-state index is 13.7. The molecule has 1 saturated heterocycles. The van der Waals surface area contributed by atoms with Gasteiger partial charge in [0.25, 0.3) is 0 Å². The molecule has 0 radical (unpaired) electrons. The van der Waals surface area contributed by atoms with Crippen LogP contribution in [0.25, 0.3) is 0 Å². The summed E-state index contributed by atoms with van der Waals surface area (Å²) < 4.78 is 12.2. The van der Waals surface area contributed by atoms with Crippen molar-refractivity contribution in [1.82, 2.24) is 0 Å². The quantitative estimate of drug-likeness (QED) is 0.724. The Labute approximate surface area is 169 Å². The highest BCUT2D eigenvalue weighted by Gasteiger charge is 2.64. The van der Waals surface area contributed by atoms with Gasteiger partial charge in [-0.2, -0.15) is 0 Å². The van der Waals surface area contributed by atoms with Gasteiger partial charge in [-0.3, -0.25) is 4.79 Å². The van der Waals surface area contributed by atoms with E-state index < -0.39 is 5.79 Å². The van der Waals surface area contributed by atoms with Gasteiger partial charge in [-0.15, -0.1) is 0 Å². The van der Waals surface area contributed by atoms with Gasteiger partial charge in [0.1, 0.15) is 5.78 Å². The monoisotopic (exact) mass is 390 g/mol. The number of carbonyl (C=O) groups is 1. The largest absolute Gasteiger partial charge is 0.393 e. The first-order valence-corrected chi connectivity index (χ1v) is 11.7. The summed E-state index contributed by atoms with van der Waals surface area (Å²) in [6.45, 7) is 9.44. The highest BCUT2D eigenvalue weighted by atomic mass is 16.7. The summed E-state index contributed by atoms with van der Waals surface area (Å²) in [7, 11) is 0. The van der Waals surface area contributed by atoms with E-state index >= 15 is 0 Å². The number of carbonyl (C=O) groups excluding carboxylic acids is 1. The summed E-state index contributed by atoms with van der Waals surface area (Å²) >= 11 is 0. The number of ketones is 1. The highest BCUT2D eigenvalue weighted by Crippen LogP contribution is 2.67. The van der Waals surface area contributed by atoms with Gasteiger partial charge in [-0.1, -0.05) is 13.8 Å². The van der Waals surface area contributed by atoms with E-state index in [1.807, 2.05) is 13.8 Å². The average molecular weight is 391 g/mol. The predicted octanol–water partition coefficient (Wildman–Crippen LogP) is 4.34. The van der Waals surface area contributed by atoms with Gasteiger partial charge in [0.15, 0.2) is 5.79 Å². The molecule has 0 unspecified atom stereocenters. The average Bonchev–Trinajstić information content (AvgIpc) is 3.13. The lowest BCUT2D eigenvalue weighted by Crippen LogP contribution is -2.58. The van der Waals surface area contributed by atoms with Gasteiger partial charge >= 0.3 is 0 Å². The molecule has 4 saturated carbocycles. The van der Waals surface area contributed by atoms with Crippen LogP contribution in [0.15, 0.2) is 0 Å². The van der Waals surface area contributed by atoms with Gasteiger partial charge in [-0.25, -0.2) is 0 Å². The Kier molecular flexibility index (Phi) is 4.37. The number of fused-ring (bicyclic) bond motifs is 5. The van der Waals surface area contributed by atoms with Gasteiger partial charge < -0.3 is 14.6 Å². The zero-order valence-electron chi connectivity index (χ0n) is 18.1. The van der Waals surface area contributed by atoms with Crippen LogP contribution < -0.4 is 0 Å². The van der Waals surface area contributed by atoms with E-state index in [0.717, 1.165) is 19.3 Å². The highest BCUT2D eigenvalue weighted by molar-refractivity contribution is 5.84. The first kappa shape index (κ1) is 19.5. The summed E-state index contributed by atoms with van der Waals surface area (Å²) in [6, 6.07) is 0. The zero-order chi connectivity index (χ0) is 19.9. The number of aliphatic hydroxyl groups is 1. The third kappa shape index (κ3) is 2.70. The lowest BCUT2D eigenvalue weighted by atomic mass is 9.44. The molecule has 0 aromatic rings. The molecule has 4 nitrogen and oxygen atoms in total. The Morgan fingerprint density at radius 1 is 0.964 bits per heavy atom. The van der Waals surface area contributed by atoms with Crippen molar-refractivity contribution in [3.63, 3.8) is 0 Å². The molecule has 0 aromatic carbocycles. The predicted molar refractivity (Wildman–Crippen MR) is 107 cm³/mol. The van der Waals surface area contributed by atoms with E-state index in [1.165, 1.54) is 25.7 Å². The summed E-state index contributed by atoms with van der Waals surface area (Å²) in [5, 5.41) is 10.2. The van der Waals surface area contributed by atoms with Crippen molar-refractivity contribution >= 4 is 5.78 Å². The van der Waals surface area contributed by atoms with Crippen LogP contribution >= 0.6 is 0 Å². The fourth-order valence-electron chi connectivity index (χ4n) is 8.61. The van der Waals surface area contributed by atoms with Crippen LogP contribution in [0.3, 0.4) is 0 Å². The molecule has 28 heavy (non-hydrogen) atoms. The van der Waals surface area contributed by atoms with E-state index in [-0.39, 0.29) is 29.0 Å². The topological polar surface area (TPSA) is 55.8 Å². The van der Waals surface area contributed by atoms with Crippen LogP contribution in [0, 0.1) is 40.4 Å². The molecule has 0 spiro atoms. The van der Waals surface area contributed by atoms with Crippen LogP contribution in [0.4, 0.5) is 0 Å². The Balaban J connectivity index is 1.43. The van der Waals surface area contributed by atoms with Crippen molar-refractivity contribution in [2.24, 2.45) is 40.4 Å². The number of Topliss-reactive ketones (excluding diaryl/α,β-unsaturated/α-hetero) is 1. The Morgan fingerprint density at radius 2 is 1.71 bits per heavy atom. The first-order valence-electron chi connectivity index (χ1n) is 11.7. The smallest absolute Gasteiger partial charge is 0.163 e. The molecule has 5 aliphatic rings. The molecule has 4 heteroatoms. The molecule has 0 amide bonds. The van der Waals surface area contributed by atoms with Crippen molar-refractivity contribution in [3.05, 3.63) is 0 Å². The Morgan fingerprint density at radius 3 is 2.43 bits per heavy atom. The summed E-state index contributed by atoms with van der Waals surface area (Å²) in [5.41, 5.74) is 0.164. The molecule has 0 bridgehead atoms. The van der Waals surface area contributed by atoms with Gasteiger partial charge in [-0.05, 0) is 93.3 Å². The van der Waals surface area contributed by atoms with Crippen LogP contribution in [0.2, 0.25) is 0 Å². The minimum Gasteiger partial charge on any atom is -0.393 e. The van der Waals surface area contributed by atoms with Gasteiger partial charge in [0.2, 0.25) is 0 Å². The van der Waals surface area contributed by atoms with E-state index in [2.05, 4.69) is 13.8 Å². The van der Waals surface area contributed by atoms with Crippen LogP contribution in [0.1, 0.15) is 79.1 Å². The number of ether oxygens (including phenoxy) is 2. The minimum absolute atomic E-state index is 0.0596. The normalized spacial score (nSPS) is 55.5. The minimum atomic E-state index is -0.491. The lowest BCUT2D eigenvalue weighted by Gasteiger charge is -2.60. The van der Waals surface area contributed by atoms with Crippen molar-refractivity contribution in [1.29, 1.82) is 0 Å². The van der Waals surface area contributed by atoms with Crippen LogP contribution in [-0.2, 0) is 14.3 Å². The molecule has 9 atom stereocenters.